The number of rotatable bonds is 7. The fraction of sp³-hybridized carbons (Fsp3) is 0.167. The van der Waals surface area contributed by atoms with E-state index in [2.05, 4.69) is 31.9 Å². The zero-order chi connectivity index (χ0) is 29.3. The number of nitrogens with zero attached hydrogens (tertiary/aromatic N) is 2. The van der Waals surface area contributed by atoms with Crippen molar-refractivity contribution in [3.05, 3.63) is 112 Å². The van der Waals surface area contributed by atoms with Gasteiger partial charge in [0.1, 0.15) is 5.75 Å². The first-order valence-electron chi connectivity index (χ1n) is 12.5. The molecule has 0 saturated heterocycles. The highest BCUT2D eigenvalue weighted by atomic mass is 79.9. The minimum atomic E-state index is -0.884. The van der Waals surface area contributed by atoms with E-state index in [0.29, 0.717) is 47.7 Å². The molecule has 0 radical (unpaired) electrons. The number of methoxy groups -OCH3 is 2. The molecule has 210 valence electrons. The highest BCUT2D eigenvalue weighted by Crippen LogP contribution is 2.38. The van der Waals surface area contributed by atoms with Gasteiger partial charge in [-0.05, 0) is 58.8 Å². The summed E-state index contributed by atoms with van der Waals surface area (Å²) >= 11 is 7.94. The van der Waals surface area contributed by atoms with E-state index >= 15 is 0 Å². The third-order valence-electron chi connectivity index (χ3n) is 6.44. The van der Waals surface area contributed by atoms with E-state index in [1.807, 2.05) is 30.3 Å². The number of aromatic hydroxyl groups is 1. The third-order valence-corrected chi connectivity index (χ3v) is 8.49. The lowest BCUT2D eigenvalue weighted by Crippen LogP contribution is -2.40. The number of hydrogen-bond donors (Lipinski definition) is 1. The van der Waals surface area contributed by atoms with Crippen LogP contribution in [0.15, 0.2) is 85.0 Å². The average molecular weight is 700 g/mol. The smallest absolute Gasteiger partial charge is 0.338 e. The van der Waals surface area contributed by atoms with Gasteiger partial charge >= 0.3 is 5.97 Å². The van der Waals surface area contributed by atoms with Crippen LogP contribution in [0, 0.1) is 0 Å². The van der Waals surface area contributed by atoms with Crippen LogP contribution in [0.2, 0.25) is 0 Å². The number of fused-ring (bicyclic) bond motifs is 1. The number of thiazole rings is 1. The Kier molecular flexibility index (Phi) is 8.48. The molecule has 1 N–H and O–H groups in total. The normalized spacial score (nSPS) is 14.9. The Morgan fingerprint density at radius 1 is 1.07 bits per heavy atom. The molecule has 11 heteroatoms. The van der Waals surface area contributed by atoms with E-state index in [9.17, 15) is 14.7 Å². The minimum absolute atomic E-state index is 0.00679. The second kappa shape index (κ2) is 12.1. The summed E-state index contributed by atoms with van der Waals surface area (Å²) < 4.78 is 19.5. The number of phenols is 1. The van der Waals surface area contributed by atoms with Crippen LogP contribution in [0.5, 0.6) is 17.2 Å². The number of hydrogen-bond acceptors (Lipinski definition) is 8. The van der Waals surface area contributed by atoms with Crippen molar-refractivity contribution in [2.45, 2.75) is 13.0 Å². The summed E-state index contributed by atoms with van der Waals surface area (Å²) in [5, 5.41) is 10.7. The van der Waals surface area contributed by atoms with Crippen molar-refractivity contribution in [1.29, 1.82) is 0 Å². The number of benzene rings is 3. The molecule has 2 heterocycles. The van der Waals surface area contributed by atoms with Crippen molar-refractivity contribution in [2.24, 2.45) is 4.99 Å². The van der Waals surface area contributed by atoms with E-state index in [1.165, 1.54) is 18.8 Å². The van der Waals surface area contributed by atoms with Crippen molar-refractivity contribution in [1.82, 2.24) is 4.57 Å². The van der Waals surface area contributed by atoms with Gasteiger partial charge in [-0.3, -0.25) is 9.36 Å². The van der Waals surface area contributed by atoms with E-state index in [-0.39, 0.29) is 23.5 Å². The summed E-state index contributed by atoms with van der Waals surface area (Å²) in [6.45, 7) is 1.87. The van der Waals surface area contributed by atoms with Crippen LogP contribution in [0.4, 0.5) is 0 Å². The summed E-state index contributed by atoms with van der Waals surface area (Å²) in [6.07, 6.45) is 1.61. The molecular weight excluding hydrogens is 676 g/mol. The molecule has 1 aromatic heterocycles. The van der Waals surface area contributed by atoms with Gasteiger partial charge in [0.15, 0.2) is 16.3 Å². The first-order valence-corrected chi connectivity index (χ1v) is 14.9. The largest absolute Gasteiger partial charge is 0.506 e. The molecule has 41 heavy (non-hydrogen) atoms. The van der Waals surface area contributed by atoms with E-state index in [0.717, 1.165) is 15.8 Å². The maximum absolute atomic E-state index is 14.1. The molecule has 0 unspecified atom stereocenters. The number of halogens is 2. The van der Waals surface area contributed by atoms with Gasteiger partial charge in [0, 0.05) is 15.6 Å². The molecule has 0 bridgehead atoms. The van der Waals surface area contributed by atoms with Crippen LogP contribution in [0.1, 0.15) is 29.7 Å². The van der Waals surface area contributed by atoms with Crippen molar-refractivity contribution in [2.75, 3.05) is 20.8 Å². The Labute approximate surface area is 256 Å². The van der Waals surface area contributed by atoms with Crippen LogP contribution < -0.4 is 24.4 Å². The van der Waals surface area contributed by atoms with Crippen molar-refractivity contribution >= 4 is 60.9 Å². The number of phenolic OH excluding ortho intramolecular Hbond substituents is 1. The van der Waals surface area contributed by atoms with Gasteiger partial charge in [-0.15, -0.1) is 0 Å². The fourth-order valence-corrected chi connectivity index (χ4v) is 6.87. The number of ether oxygens (including phenoxy) is 3. The molecule has 3 aromatic carbocycles. The molecule has 0 spiro atoms. The number of esters is 1. The predicted molar refractivity (Wildman–Crippen MR) is 164 cm³/mol. The van der Waals surface area contributed by atoms with Crippen molar-refractivity contribution in [3.63, 3.8) is 0 Å². The summed E-state index contributed by atoms with van der Waals surface area (Å²) in [7, 11) is 3.06. The third kappa shape index (κ3) is 5.49. The zero-order valence-electron chi connectivity index (χ0n) is 22.2. The van der Waals surface area contributed by atoms with Crippen LogP contribution in [-0.4, -0.2) is 36.5 Å². The van der Waals surface area contributed by atoms with Gasteiger partial charge in [0.05, 0.1) is 47.1 Å². The quantitative estimate of drug-likeness (QED) is 0.267. The Hall–Kier alpha value is -3.67. The highest BCUT2D eigenvalue weighted by molar-refractivity contribution is 9.11. The fourth-order valence-electron chi connectivity index (χ4n) is 4.62. The average Bonchev–Trinajstić information content (AvgIpc) is 3.29. The van der Waals surface area contributed by atoms with Gasteiger partial charge in [0.25, 0.3) is 5.56 Å². The number of aromatic nitrogens is 1. The molecule has 0 saturated carbocycles. The molecule has 8 nitrogen and oxygen atoms in total. The lowest BCUT2D eigenvalue weighted by molar-refractivity contribution is -0.138. The number of carbonyl (C=O) groups excluding carboxylic acids is 1. The molecule has 4 aromatic rings. The lowest BCUT2D eigenvalue weighted by Gasteiger charge is -2.26. The maximum atomic E-state index is 14.1. The van der Waals surface area contributed by atoms with E-state index in [4.69, 9.17) is 19.2 Å². The molecule has 0 aliphatic carbocycles. The number of carbonyl (C=O) groups is 1. The molecule has 1 atom stereocenters. The van der Waals surface area contributed by atoms with E-state index < -0.39 is 12.0 Å². The standard InChI is InChI=1S/C30H24Br2N2O6S/c1-4-40-29(37)24-25(16-8-6-5-7-9-16)33-30-34(26(24)17-10-11-21(38-2)22(13-17)39-3)28(36)23(41-30)14-18-12-19(31)15-20(32)27(18)35/h5-15,26,35H,4H2,1-3H3/b23-14-/t26-/m0/s1. The van der Waals surface area contributed by atoms with Crippen LogP contribution in [0.3, 0.4) is 0 Å². The summed E-state index contributed by atoms with van der Waals surface area (Å²) in [5.41, 5.74) is 1.99. The summed E-state index contributed by atoms with van der Waals surface area (Å²) in [6, 6.07) is 17.1. The minimum Gasteiger partial charge on any atom is -0.506 e. The maximum Gasteiger partial charge on any atom is 0.338 e. The molecule has 0 amide bonds. The lowest BCUT2D eigenvalue weighted by atomic mass is 9.93. The van der Waals surface area contributed by atoms with Gasteiger partial charge in [0.2, 0.25) is 0 Å². The van der Waals surface area contributed by atoms with Crippen LogP contribution >= 0.6 is 43.2 Å². The zero-order valence-corrected chi connectivity index (χ0v) is 26.2. The highest BCUT2D eigenvalue weighted by Gasteiger charge is 2.35. The SMILES string of the molecule is CCOC(=O)C1=C(c2ccccc2)N=c2s/c(=C\c3cc(Br)cc(Br)c3O)c(=O)n2[C@H]1c1ccc(OC)c(OC)c1. The Balaban J connectivity index is 1.86. The molecule has 5 rings (SSSR count). The van der Waals surface area contributed by atoms with Gasteiger partial charge in [-0.25, -0.2) is 9.79 Å². The van der Waals surface area contributed by atoms with Gasteiger partial charge < -0.3 is 19.3 Å². The van der Waals surface area contributed by atoms with Crippen molar-refractivity contribution < 1.29 is 24.1 Å². The van der Waals surface area contributed by atoms with Crippen LogP contribution in [-0.2, 0) is 9.53 Å². The van der Waals surface area contributed by atoms with E-state index in [1.54, 1.807) is 43.3 Å². The van der Waals surface area contributed by atoms with Gasteiger partial charge in [-0.1, -0.05) is 63.7 Å². The topological polar surface area (TPSA) is 99.4 Å². The molecular formula is C30H24Br2N2O6S. The Morgan fingerprint density at radius 3 is 2.49 bits per heavy atom. The Morgan fingerprint density at radius 2 is 1.80 bits per heavy atom. The first-order chi connectivity index (χ1) is 19.8. The molecule has 1 aliphatic rings. The molecule has 1 aliphatic heterocycles. The second-order valence-corrected chi connectivity index (χ2v) is 11.7. The second-order valence-electron chi connectivity index (χ2n) is 8.87. The van der Waals surface area contributed by atoms with Crippen molar-refractivity contribution in [3.8, 4) is 17.2 Å². The van der Waals surface area contributed by atoms with Crippen LogP contribution in [0.25, 0.3) is 11.8 Å². The van der Waals surface area contributed by atoms with Gasteiger partial charge in [-0.2, -0.15) is 0 Å². The first kappa shape index (κ1) is 28.8. The molecule has 0 fully saturated rings. The summed E-state index contributed by atoms with van der Waals surface area (Å²) in [5.74, 6) is 0.354. The monoisotopic (exact) mass is 698 g/mol. The Bertz CT molecular complexity index is 1860. The summed E-state index contributed by atoms with van der Waals surface area (Å²) in [4.78, 5) is 32.9. The predicted octanol–water partition coefficient (Wildman–Crippen LogP) is 5.18.